The first kappa shape index (κ1) is 17.2. The van der Waals surface area contributed by atoms with Crippen LogP contribution in [0.25, 0.3) is 15.5 Å². The Morgan fingerprint density at radius 1 is 1.00 bits per heavy atom. The highest BCUT2D eigenvalue weighted by Crippen LogP contribution is 2.36. The highest BCUT2D eigenvalue weighted by molar-refractivity contribution is 7.19. The molecule has 4 aromatic rings. The fourth-order valence-corrected chi connectivity index (χ4v) is 4.06. The van der Waals surface area contributed by atoms with Gasteiger partial charge in [-0.05, 0) is 23.1 Å². The molecule has 0 saturated heterocycles. The van der Waals surface area contributed by atoms with E-state index < -0.39 is 0 Å². The van der Waals surface area contributed by atoms with Gasteiger partial charge in [-0.25, -0.2) is 0 Å². The van der Waals surface area contributed by atoms with Crippen LogP contribution in [0.5, 0.6) is 11.5 Å². The van der Waals surface area contributed by atoms with Gasteiger partial charge in [0, 0.05) is 5.56 Å². The monoisotopic (exact) mass is 392 g/mol. The average molecular weight is 392 g/mol. The van der Waals surface area contributed by atoms with Gasteiger partial charge in [-0.2, -0.15) is 9.61 Å². The van der Waals surface area contributed by atoms with Gasteiger partial charge in [0.1, 0.15) is 11.6 Å². The van der Waals surface area contributed by atoms with Gasteiger partial charge < -0.3 is 9.47 Å². The van der Waals surface area contributed by atoms with E-state index in [1.807, 2.05) is 24.3 Å². The Kier molecular flexibility index (Phi) is 3.87. The van der Waals surface area contributed by atoms with Gasteiger partial charge in [-0.1, -0.05) is 68.5 Å². The number of aromatic nitrogens is 4. The van der Waals surface area contributed by atoms with E-state index in [1.54, 1.807) is 4.52 Å². The summed E-state index contributed by atoms with van der Waals surface area (Å²) in [5, 5.41) is 14.2. The highest BCUT2D eigenvalue weighted by Gasteiger charge is 2.28. The van der Waals surface area contributed by atoms with Crippen LogP contribution in [0.3, 0.4) is 0 Å². The maximum atomic E-state index is 6.07. The normalized spacial score (nSPS) is 16.5. The van der Waals surface area contributed by atoms with E-state index >= 15 is 0 Å². The summed E-state index contributed by atoms with van der Waals surface area (Å²) < 4.78 is 13.6. The van der Waals surface area contributed by atoms with E-state index in [9.17, 15) is 0 Å². The summed E-state index contributed by atoms with van der Waals surface area (Å²) in [5.41, 5.74) is 2.49. The Balaban J connectivity index is 1.46. The van der Waals surface area contributed by atoms with Crippen LogP contribution in [0.15, 0.2) is 48.5 Å². The second-order valence-corrected chi connectivity index (χ2v) is 8.81. The van der Waals surface area contributed by atoms with Gasteiger partial charge in [0.05, 0.1) is 0 Å². The number of nitrogens with zero attached hydrogens (tertiary/aromatic N) is 4. The number of ether oxygens (including phenoxy) is 2. The average Bonchev–Trinajstić information content (AvgIpc) is 3.28. The minimum Gasteiger partial charge on any atom is -0.485 e. The summed E-state index contributed by atoms with van der Waals surface area (Å²) in [4.78, 5) is 0.743. The second kappa shape index (κ2) is 6.31. The van der Waals surface area contributed by atoms with Crippen LogP contribution in [0.2, 0.25) is 0 Å². The van der Waals surface area contributed by atoms with E-state index in [1.165, 1.54) is 16.9 Å². The van der Waals surface area contributed by atoms with Gasteiger partial charge in [0.25, 0.3) is 0 Å². The summed E-state index contributed by atoms with van der Waals surface area (Å²) in [6.45, 7) is 7.01. The van der Waals surface area contributed by atoms with E-state index in [4.69, 9.17) is 14.6 Å². The first-order valence-electron chi connectivity index (χ1n) is 9.20. The fourth-order valence-electron chi connectivity index (χ4n) is 3.21. The molecule has 1 aliphatic rings. The molecular formula is C21H20N4O2S. The van der Waals surface area contributed by atoms with E-state index in [0.29, 0.717) is 18.2 Å². The lowest BCUT2D eigenvalue weighted by atomic mass is 9.87. The maximum absolute atomic E-state index is 6.07. The molecule has 0 aliphatic carbocycles. The zero-order chi connectivity index (χ0) is 19.3. The van der Waals surface area contributed by atoms with Crippen LogP contribution >= 0.6 is 11.3 Å². The zero-order valence-corrected chi connectivity index (χ0v) is 16.7. The molecule has 0 saturated carbocycles. The summed E-state index contributed by atoms with van der Waals surface area (Å²) >= 11 is 1.52. The lowest BCUT2D eigenvalue weighted by Gasteiger charge is -2.24. The van der Waals surface area contributed by atoms with Crippen molar-refractivity contribution in [2.75, 3.05) is 6.61 Å². The molecular weight excluding hydrogens is 372 g/mol. The fraction of sp³-hybridized carbons (Fsp3) is 0.286. The van der Waals surface area contributed by atoms with Crippen LogP contribution < -0.4 is 9.47 Å². The zero-order valence-electron chi connectivity index (χ0n) is 15.9. The van der Waals surface area contributed by atoms with Crippen LogP contribution in [-0.4, -0.2) is 26.4 Å². The molecule has 0 N–H and O–H groups in total. The molecule has 0 unspecified atom stereocenters. The summed E-state index contributed by atoms with van der Waals surface area (Å²) in [7, 11) is 0. The SMILES string of the molecule is CC(C)(C)c1ccc(-c2nn3c([C@H]4COc5ccccc5O4)nnc3s2)cc1. The molecule has 0 amide bonds. The third-order valence-corrected chi connectivity index (χ3v) is 5.76. The lowest BCUT2D eigenvalue weighted by Crippen LogP contribution is -2.23. The van der Waals surface area contributed by atoms with Crippen LogP contribution in [-0.2, 0) is 5.41 Å². The van der Waals surface area contributed by atoms with Gasteiger partial charge in [0.2, 0.25) is 4.96 Å². The minimum atomic E-state index is -0.344. The van der Waals surface area contributed by atoms with Crippen molar-refractivity contribution in [3.63, 3.8) is 0 Å². The standard InChI is InChI=1S/C21H20N4O2S/c1-21(2,3)14-10-8-13(9-11-14)19-24-25-18(22-23-20(25)28-19)17-12-26-15-6-4-5-7-16(15)27-17/h4-11,17H,12H2,1-3H3/t17-/m1/s1. The Labute approximate surface area is 166 Å². The number of para-hydroxylation sites is 2. The summed E-state index contributed by atoms with van der Waals surface area (Å²) in [5.74, 6) is 2.11. The van der Waals surface area contributed by atoms with Crippen LogP contribution in [0.4, 0.5) is 0 Å². The third kappa shape index (κ3) is 2.92. The molecule has 0 radical (unpaired) electrons. The first-order chi connectivity index (χ1) is 13.5. The number of hydrogen-bond donors (Lipinski definition) is 0. The number of rotatable bonds is 2. The van der Waals surface area contributed by atoms with Crippen LogP contribution in [0, 0.1) is 0 Å². The van der Waals surface area contributed by atoms with Crippen molar-refractivity contribution in [1.29, 1.82) is 0 Å². The topological polar surface area (TPSA) is 61.5 Å². The van der Waals surface area contributed by atoms with Crippen molar-refractivity contribution in [1.82, 2.24) is 19.8 Å². The van der Waals surface area contributed by atoms with Gasteiger partial charge in [-0.15, -0.1) is 10.2 Å². The molecule has 1 atom stereocenters. The number of fused-ring (bicyclic) bond motifs is 2. The molecule has 1 aliphatic heterocycles. The van der Waals surface area contributed by atoms with Crippen molar-refractivity contribution in [3.05, 3.63) is 59.9 Å². The first-order valence-corrected chi connectivity index (χ1v) is 10.0. The smallest absolute Gasteiger partial charge is 0.235 e. The highest BCUT2D eigenvalue weighted by atomic mass is 32.1. The molecule has 2 aromatic carbocycles. The molecule has 0 spiro atoms. The van der Waals surface area contributed by atoms with Gasteiger partial charge in [0.15, 0.2) is 23.4 Å². The molecule has 0 fully saturated rings. The predicted octanol–water partition coefficient (Wildman–Crippen LogP) is 4.66. The summed E-state index contributed by atoms with van der Waals surface area (Å²) in [6, 6.07) is 16.2. The molecule has 28 heavy (non-hydrogen) atoms. The van der Waals surface area contributed by atoms with E-state index in [-0.39, 0.29) is 11.5 Å². The molecule has 3 heterocycles. The Hall–Kier alpha value is -2.93. The Morgan fingerprint density at radius 3 is 2.50 bits per heavy atom. The molecule has 6 nitrogen and oxygen atoms in total. The molecule has 7 heteroatoms. The predicted molar refractivity (Wildman–Crippen MR) is 108 cm³/mol. The second-order valence-electron chi connectivity index (χ2n) is 7.85. The van der Waals surface area contributed by atoms with E-state index in [2.05, 4.69) is 55.2 Å². The molecule has 142 valence electrons. The lowest BCUT2D eigenvalue weighted by molar-refractivity contribution is 0.0836. The number of hydrogen-bond acceptors (Lipinski definition) is 6. The van der Waals surface area contributed by atoms with Crippen LogP contribution in [0.1, 0.15) is 38.3 Å². The molecule has 0 bridgehead atoms. The van der Waals surface area contributed by atoms with Crippen molar-refractivity contribution < 1.29 is 9.47 Å². The van der Waals surface area contributed by atoms with Crippen molar-refractivity contribution in [3.8, 4) is 22.1 Å². The minimum absolute atomic E-state index is 0.127. The third-order valence-electron chi connectivity index (χ3n) is 4.81. The molecule has 5 rings (SSSR count). The maximum Gasteiger partial charge on any atom is 0.235 e. The quantitative estimate of drug-likeness (QED) is 0.496. The van der Waals surface area contributed by atoms with Crippen molar-refractivity contribution >= 4 is 16.3 Å². The Bertz CT molecular complexity index is 1140. The van der Waals surface area contributed by atoms with Crippen molar-refractivity contribution in [2.24, 2.45) is 0 Å². The largest absolute Gasteiger partial charge is 0.485 e. The molecule has 2 aromatic heterocycles. The number of benzene rings is 2. The summed E-state index contributed by atoms with van der Waals surface area (Å²) in [6.07, 6.45) is -0.344. The van der Waals surface area contributed by atoms with Crippen molar-refractivity contribution in [2.45, 2.75) is 32.3 Å². The van der Waals surface area contributed by atoms with E-state index in [0.717, 1.165) is 21.3 Å². The van der Waals surface area contributed by atoms with Gasteiger partial charge in [-0.3, -0.25) is 0 Å². The van der Waals surface area contributed by atoms with Gasteiger partial charge >= 0.3 is 0 Å². The Morgan fingerprint density at radius 2 is 1.75 bits per heavy atom.